The van der Waals surface area contributed by atoms with Crippen LogP contribution in [0.3, 0.4) is 0 Å². The molecule has 2 saturated heterocycles. The summed E-state index contributed by atoms with van der Waals surface area (Å²) in [6.45, 7) is 5.17. The van der Waals surface area contributed by atoms with E-state index < -0.39 is 9.84 Å². The number of hydrogen-bond acceptors (Lipinski definition) is 5. The van der Waals surface area contributed by atoms with Crippen molar-refractivity contribution in [1.29, 1.82) is 0 Å². The lowest BCUT2D eigenvalue weighted by molar-refractivity contribution is 0.0712. The van der Waals surface area contributed by atoms with Crippen molar-refractivity contribution < 1.29 is 12.8 Å². The second-order valence-electron chi connectivity index (χ2n) is 7.18. The van der Waals surface area contributed by atoms with E-state index in [4.69, 9.17) is 4.42 Å². The van der Waals surface area contributed by atoms with Crippen molar-refractivity contribution >= 4 is 9.84 Å². The molecule has 1 atom stereocenters. The van der Waals surface area contributed by atoms with Crippen LogP contribution in [-0.2, 0) is 16.4 Å². The summed E-state index contributed by atoms with van der Waals surface area (Å²) in [4.78, 5) is 5.00. The van der Waals surface area contributed by atoms with E-state index in [0.29, 0.717) is 17.7 Å². The highest BCUT2D eigenvalue weighted by Gasteiger charge is 2.30. The van der Waals surface area contributed by atoms with Crippen molar-refractivity contribution in [2.24, 2.45) is 5.92 Å². The summed E-state index contributed by atoms with van der Waals surface area (Å²) >= 11 is 0. The molecule has 6 heteroatoms. The second-order valence-corrected chi connectivity index (χ2v) is 9.37. The number of rotatable bonds is 5. The molecule has 2 aliphatic heterocycles. The van der Waals surface area contributed by atoms with Gasteiger partial charge in [-0.15, -0.1) is 0 Å². The van der Waals surface area contributed by atoms with E-state index in [-0.39, 0.29) is 0 Å². The van der Waals surface area contributed by atoms with E-state index in [9.17, 15) is 8.42 Å². The van der Waals surface area contributed by atoms with Gasteiger partial charge in [0.25, 0.3) is 0 Å². The molecule has 3 rings (SSSR count). The molecule has 0 saturated carbocycles. The normalized spacial score (nSPS) is 25.7. The smallest absolute Gasteiger partial charge is 0.147 e. The highest BCUT2D eigenvalue weighted by atomic mass is 32.2. The lowest BCUT2D eigenvalue weighted by Crippen LogP contribution is -2.49. The van der Waals surface area contributed by atoms with Crippen molar-refractivity contribution in [1.82, 2.24) is 9.80 Å². The van der Waals surface area contributed by atoms with Crippen LogP contribution in [-0.4, -0.2) is 62.4 Å². The van der Waals surface area contributed by atoms with Gasteiger partial charge in [0, 0.05) is 31.9 Å². The lowest BCUT2D eigenvalue weighted by atomic mass is 9.95. The summed E-state index contributed by atoms with van der Waals surface area (Å²) in [6.07, 6.45) is 7.63. The van der Waals surface area contributed by atoms with Crippen molar-refractivity contribution in [2.75, 3.05) is 38.2 Å². The Labute approximate surface area is 139 Å². The van der Waals surface area contributed by atoms with Gasteiger partial charge >= 0.3 is 0 Å². The Balaban J connectivity index is 1.47. The molecule has 0 aliphatic carbocycles. The van der Waals surface area contributed by atoms with Crippen LogP contribution in [0.5, 0.6) is 0 Å². The summed E-state index contributed by atoms with van der Waals surface area (Å²) in [5.74, 6) is 1.70. The predicted octanol–water partition coefficient (Wildman–Crippen LogP) is 2.00. The first-order valence-electron chi connectivity index (χ1n) is 8.66. The Kier molecular flexibility index (Phi) is 5.44. The zero-order valence-electron chi connectivity index (χ0n) is 14.0. The molecule has 0 spiro atoms. The van der Waals surface area contributed by atoms with Crippen LogP contribution >= 0.6 is 0 Å². The Morgan fingerprint density at radius 1 is 1.22 bits per heavy atom. The van der Waals surface area contributed by atoms with Gasteiger partial charge in [0.2, 0.25) is 0 Å². The van der Waals surface area contributed by atoms with Crippen molar-refractivity contribution in [2.45, 2.75) is 38.3 Å². The summed E-state index contributed by atoms with van der Waals surface area (Å²) in [7, 11) is -2.86. The minimum absolute atomic E-state index is 0.319. The Hall–Kier alpha value is -0.850. The molecule has 5 nitrogen and oxygen atoms in total. The van der Waals surface area contributed by atoms with E-state index in [1.807, 2.05) is 12.1 Å². The summed E-state index contributed by atoms with van der Waals surface area (Å²) in [5.41, 5.74) is 0. The highest BCUT2D eigenvalue weighted by molar-refractivity contribution is 7.90. The van der Waals surface area contributed by atoms with Crippen LogP contribution in [0, 0.1) is 5.92 Å². The molecule has 2 fully saturated rings. The first kappa shape index (κ1) is 17.0. The largest absolute Gasteiger partial charge is 0.468 e. The van der Waals surface area contributed by atoms with E-state index in [2.05, 4.69) is 9.80 Å². The molecule has 3 heterocycles. The molecule has 130 valence electrons. The number of sulfone groups is 1. The van der Waals surface area contributed by atoms with Crippen molar-refractivity contribution in [3.8, 4) is 0 Å². The van der Waals surface area contributed by atoms with Gasteiger partial charge in [0.15, 0.2) is 0 Å². The average Bonchev–Trinajstić information content (AvgIpc) is 2.99. The van der Waals surface area contributed by atoms with Crippen LogP contribution in [0.25, 0.3) is 0 Å². The minimum atomic E-state index is -2.86. The fraction of sp³-hybridized carbons (Fsp3) is 0.765. The molecule has 0 N–H and O–H groups in total. The molecular weight excluding hydrogens is 312 g/mol. The first-order valence-corrected chi connectivity index (χ1v) is 10.7. The van der Waals surface area contributed by atoms with Crippen LogP contribution in [0.4, 0.5) is 0 Å². The van der Waals surface area contributed by atoms with Crippen LogP contribution in [0.2, 0.25) is 0 Å². The van der Waals surface area contributed by atoms with Crippen LogP contribution < -0.4 is 0 Å². The van der Waals surface area contributed by atoms with Crippen LogP contribution in [0.1, 0.15) is 31.4 Å². The van der Waals surface area contributed by atoms with E-state index in [1.54, 1.807) is 6.26 Å². The molecule has 23 heavy (non-hydrogen) atoms. The van der Waals surface area contributed by atoms with Gasteiger partial charge in [-0.2, -0.15) is 0 Å². The highest BCUT2D eigenvalue weighted by Crippen LogP contribution is 2.25. The topological polar surface area (TPSA) is 53.8 Å². The molecule has 0 amide bonds. The zero-order valence-corrected chi connectivity index (χ0v) is 14.8. The molecule has 1 aromatic rings. The maximum Gasteiger partial charge on any atom is 0.147 e. The Bertz CT molecular complexity index is 577. The summed E-state index contributed by atoms with van der Waals surface area (Å²) in [6, 6.07) is 4.59. The number of nitrogens with zero attached hydrogens (tertiary/aromatic N) is 2. The Morgan fingerprint density at radius 3 is 2.65 bits per heavy atom. The quantitative estimate of drug-likeness (QED) is 0.821. The number of likely N-dealkylation sites (tertiary alicyclic amines) is 2. The molecule has 0 radical (unpaired) electrons. The summed E-state index contributed by atoms with van der Waals surface area (Å²) < 4.78 is 28.5. The Morgan fingerprint density at radius 2 is 2.00 bits per heavy atom. The fourth-order valence-electron chi connectivity index (χ4n) is 4.06. The SMILES string of the molecule is CS(=O)(=O)CC1CCCN(C2CCN(Cc3ccco3)CC2)C1. The van der Waals surface area contributed by atoms with Gasteiger partial charge in [-0.25, -0.2) is 8.42 Å². The van der Waals surface area contributed by atoms with Gasteiger partial charge in [-0.1, -0.05) is 0 Å². The standard InChI is InChI=1S/C17H28N2O3S/c1-23(20,21)14-15-4-2-8-19(12-15)16-6-9-18(10-7-16)13-17-5-3-11-22-17/h3,5,11,15-16H,2,4,6-10,12-14H2,1H3. The lowest BCUT2D eigenvalue weighted by Gasteiger charge is -2.42. The maximum atomic E-state index is 11.5. The average molecular weight is 340 g/mol. The maximum absolute atomic E-state index is 11.5. The monoisotopic (exact) mass is 340 g/mol. The van der Waals surface area contributed by atoms with E-state index in [1.165, 1.54) is 19.1 Å². The van der Waals surface area contributed by atoms with Crippen molar-refractivity contribution in [3.05, 3.63) is 24.2 Å². The molecule has 1 aromatic heterocycles. The van der Waals surface area contributed by atoms with Gasteiger partial charge < -0.3 is 4.42 Å². The van der Waals surface area contributed by atoms with Gasteiger partial charge in [0.1, 0.15) is 15.6 Å². The van der Waals surface area contributed by atoms with Gasteiger partial charge in [0.05, 0.1) is 18.6 Å². The number of furan rings is 1. The molecule has 1 unspecified atom stereocenters. The third-order valence-corrected chi connectivity index (χ3v) is 6.20. The third kappa shape index (κ3) is 5.06. The third-order valence-electron chi connectivity index (χ3n) is 5.12. The minimum Gasteiger partial charge on any atom is -0.468 e. The number of piperidine rings is 2. The van der Waals surface area contributed by atoms with E-state index >= 15 is 0 Å². The van der Waals surface area contributed by atoms with E-state index in [0.717, 1.165) is 51.3 Å². The predicted molar refractivity (Wildman–Crippen MR) is 91.0 cm³/mol. The molecule has 2 aliphatic rings. The molecular formula is C17H28N2O3S. The van der Waals surface area contributed by atoms with Gasteiger partial charge in [-0.3, -0.25) is 9.80 Å². The second kappa shape index (κ2) is 7.36. The molecule has 0 aromatic carbocycles. The summed E-state index contributed by atoms with van der Waals surface area (Å²) in [5, 5.41) is 0. The fourth-order valence-corrected chi connectivity index (χ4v) is 5.19. The molecule has 0 bridgehead atoms. The van der Waals surface area contributed by atoms with Gasteiger partial charge in [-0.05, 0) is 50.3 Å². The zero-order chi connectivity index (χ0) is 16.3. The van der Waals surface area contributed by atoms with Crippen molar-refractivity contribution in [3.63, 3.8) is 0 Å². The number of hydrogen-bond donors (Lipinski definition) is 0. The first-order chi connectivity index (χ1) is 11.0. The van der Waals surface area contributed by atoms with Crippen LogP contribution in [0.15, 0.2) is 22.8 Å².